The van der Waals surface area contributed by atoms with Gasteiger partial charge in [0.15, 0.2) is 0 Å². The molecule has 2 saturated heterocycles. The normalized spacial score (nSPS) is 22.2. The Labute approximate surface area is 178 Å². The van der Waals surface area contributed by atoms with Crippen molar-refractivity contribution in [2.45, 2.75) is 45.2 Å². The minimum Gasteiger partial charge on any atom is -0.444 e. The smallest absolute Gasteiger partial charge is 0.237 e. The van der Waals surface area contributed by atoms with Crippen molar-refractivity contribution in [1.82, 2.24) is 20.5 Å². The summed E-state index contributed by atoms with van der Waals surface area (Å²) in [5.41, 5.74) is 3.21. The average Bonchev–Trinajstić information content (AvgIpc) is 3.39. The zero-order valence-corrected chi connectivity index (χ0v) is 17.8. The van der Waals surface area contributed by atoms with Crippen LogP contribution < -0.4 is 10.6 Å². The number of aromatic nitrogens is 1. The second-order valence-electron chi connectivity index (χ2n) is 8.15. The molecule has 2 unspecified atom stereocenters. The molecular weight excluding hydrogens is 388 g/mol. The summed E-state index contributed by atoms with van der Waals surface area (Å²) >= 11 is 0. The van der Waals surface area contributed by atoms with E-state index in [4.69, 9.17) is 4.42 Å². The molecular formula is C22H31ClN4O2. The maximum Gasteiger partial charge on any atom is 0.237 e. The predicted molar refractivity (Wildman–Crippen MR) is 116 cm³/mol. The van der Waals surface area contributed by atoms with Gasteiger partial charge >= 0.3 is 0 Å². The third kappa shape index (κ3) is 5.81. The molecule has 6 nitrogen and oxygen atoms in total. The number of oxazole rings is 1. The number of amides is 1. The summed E-state index contributed by atoms with van der Waals surface area (Å²) in [7, 11) is 0. The molecule has 1 aromatic carbocycles. The van der Waals surface area contributed by atoms with Crippen molar-refractivity contribution in [3.8, 4) is 11.5 Å². The molecule has 3 heterocycles. The van der Waals surface area contributed by atoms with Crippen LogP contribution in [0.2, 0.25) is 0 Å². The number of likely N-dealkylation sites (tertiary alicyclic amines) is 1. The number of aryl methyl sites for hydroxylation is 1. The van der Waals surface area contributed by atoms with Crippen molar-refractivity contribution in [2.75, 3.05) is 26.2 Å². The van der Waals surface area contributed by atoms with Crippen LogP contribution in [0, 0.1) is 12.8 Å². The van der Waals surface area contributed by atoms with Crippen molar-refractivity contribution in [3.63, 3.8) is 0 Å². The lowest BCUT2D eigenvalue weighted by atomic mass is 9.97. The van der Waals surface area contributed by atoms with E-state index < -0.39 is 0 Å². The topological polar surface area (TPSA) is 70.4 Å². The molecule has 0 aliphatic carbocycles. The first kappa shape index (κ1) is 21.8. The molecule has 2 N–H and O–H groups in total. The molecule has 0 bridgehead atoms. The number of hydrogen-bond acceptors (Lipinski definition) is 5. The highest BCUT2D eigenvalue weighted by Gasteiger charge is 2.25. The van der Waals surface area contributed by atoms with Crippen molar-refractivity contribution in [3.05, 3.63) is 41.8 Å². The molecule has 7 heteroatoms. The number of piperidine rings is 1. The van der Waals surface area contributed by atoms with Crippen LogP contribution in [0.5, 0.6) is 0 Å². The van der Waals surface area contributed by atoms with Gasteiger partial charge in [0.1, 0.15) is 6.26 Å². The molecule has 158 valence electrons. The van der Waals surface area contributed by atoms with Gasteiger partial charge in [-0.1, -0.05) is 17.7 Å². The molecule has 0 saturated carbocycles. The van der Waals surface area contributed by atoms with Gasteiger partial charge < -0.3 is 15.1 Å². The second-order valence-corrected chi connectivity index (χ2v) is 8.15. The molecule has 2 aliphatic rings. The van der Waals surface area contributed by atoms with Gasteiger partial charge in [-0.3, -0.25) is 9.69 Å². The first-order chi connectivity index (χ1) is 13.7. The van der Waals surface area contributed by atoms with E-state index in [1.165, 1.54) is 12.0 Å². The van der Waals surface area contributed by atoms with Gasteiger partial charge in [-0.2, -0.15) is 0 Å². The zero-order valence-electron chi connectivity index (χ0n) is 17.0. The standard InChI is InChI=1S/C22H30N4O2.ClH/c1-16-6-8-18(9-7-16)22-25-19(15-28-22)14-26-11-3-4-17(13-26)12-24-21(27)20-5-2-10-23-20;/h6-9,15,17,20,23H,2-5,10-14H2,1H3,(H,24,27);1H. The number of rotatable bonds is 6. The maximum absolute atomic E-state index is 12.2. The van der Waals surface area contributed by atoms with E-state index in [1.807, 2.05) is 12.1 Å². The van der Waals surface area contributed by atoms with Gasteiger partial charge in [0.2, 0.25) is 11.8 Å². The van der Waals surface area contributed by atoms with Crippen LogP contribution in [0.25, 0.3) is 11.5 Å². The van der Waals surface area contributed by atoms with Crippen LogP contribution in [-0.4, -0.2) is 48.0 Å². The fraction of sp³-hybridized carbons (Fsp3) is 0.545. The summed E-state index contributed by atoms with van der Waals surface area (Å²) in [6.07, 6.45) is 6.15. The lowest BCUT2D eigenvalue weighted by Gasteiger charge is -2.32. The maximum atomic E-state index is 12.2. The van der Waals surface area contributed by atoms with E-state index in [0.29, 0.717) is 11.8 Å². The summed E-state index contributed by atoms with van der Waals surface area (Å²) in [5, 5.41) is 6.41. The van der Waals surface area contributed by atoms with Crippen molar-refractivity contribution >= 4 is 18.3 Å². The van der Waals surface area contributed by atoms with Gasteiger partial charge in [-0.25, -0.2) is 4.98 Å². The number of hydrogen-bond donors (Lipinski definition) is 2. The minimum absolute atomic E-state index is 0. The molecule has 2 aromatic rings. The summed E-state index contributed by atoms with van der Waals surface area (Å²) < 4.78 is 5.69. The molecule has 2 aliphatic heterocycles. The Hall–Kier alpha value is -1.89. The third-order valence-corrected chi connectivity index (χ3v) is 5.78. The second kappa shape index (κ2) is 10.2. The highest BCUT2D eigenvalue weighted by molar-refractivity contribution is 5.85. The van der Waals surface area contributed by atoms with E-state index in [0.717, 1.165) is 63.2 Å². The van der Waals surface area contributed by atoms with E-state index in [1.54, 1.807) is 6.26 Å². The fourth-order valence-corrected chi connectivity index (χ4v) is 4.18. The molecule has 29 heavy (non-hydrogen) atoms. The van der Waals surface area contributed by atoms with Crippen molar-refractivity contribution < 1.29 is 9.21 Å². The number of nitrogens with one attached hydrogen (secondary N) is 2. The third-order valence-electron chi connectivity index (χ3n) is 5.78. The first-order valence-electron chi connectivity index (χ1n) is 10.4. The number of nitrogens with zero attached hydrogens (tertiary/aromatic N) is 2. The molecule has 2 fully saturated rings. The van der Waals surface area contributed by atoms with Crippen molar-refractivity contribution in [2.24, 2.45) is 5.92 Å². The molecule has 0 spiro atoms. The van der Waals surface area contributed by atoms with Gasteiger partial charge in [-0.15, -0.1) is 12.4 Å². The average molecular weight is 419 g/mol. The Morgan fingerprint density at radius 2 is 2.10 bits per heavy atom. The summed E-state index contributed by atoms with van der Waals surface area (Å²) in [5.74, 6) is 1.34. The zero-order chi connectivity index (χ0) is 19.3. The summed E-state index contributed by atoms with van der Waals surface area (Å²) in [6.45, 7) is 6.65. The van der Waals surface area contributed by atoms with E-state index in [2.05, 4.69) is 39.6 Å². The SMILES string of the molecule is Cc1ccc(-c2nc(CN3CCCC(CNC(=O)C4CCCN4)C3)co2)cc1.Cl. The molecule has 1 amide bonds. The highest BCUT2D eigenvalue weighted by Crippen LogP contribution is 2.22. The van der Waals surface area contributed by atoms with Crippen LogP contribution >= 0.6 is 12.4 Å². The Kier molecular flexibility index (Phi) is 7.70. The van der Waals surface area contributed by atoms with Gasteiger partial charge in [0.25, 0.3) is 0 Å². The molecule has 0 radical (unpaired) electrons. The molecule has 4 rings (SSSR count). The monoisotopic (exact) mass is 418 g/mol. The summed E-state index contributed by atoms with van der Waals surface area (Å²) in [4.78, 5) is 19.3. The minimum atomic E-state index is 0. The number of halogens is 1. The predicted octanol–water partition coefficient (Wildman–Crippen LogP) is 3.15. The lowest BCUT2D eigenvalue weighted by Crippen LogP contribution is -2.45. The number of benzene rings is 1. The van der Waals surface area contributed by atoms with Gasteiger partial charge in [0.05, 0.1) is 11.7 Å². The highest BCUT2D eigenvalue weighted by atomic mass is 35.5. The van der Waals surface area contributed by atoms with Crippen LogP contribution in [-0.2, 0) is 11.3 Å². The number of carbonyl (C=O) groups is 1. The molecule has 1 aromatic heterocycles. The fourth-order valence-electron chi connectivity index (χ4n) is 4.18. The van der Waals surface area contributed by atoms with E-state index in [9.17, 15) is 4.79 Å². The molecule has 2 atom stereocenters. The van der Waals surface area contributed by atoms with Crippen molar-refractivity contribution in [1.29, 1.82) is 0 Å². The quantitative estimate of drug-likeness (QED) is 0.754. The van der Waals surface area contributed by atoms with Gasteiger partial charge in [0, 0.05) is 25.2 Å². The van der Waals surface area contributed by atoms with Crippen LogP contribution in [0.3, 0.4) is 0 Å². The number of carbonyl (C=O) groups excluding carboxylic acids is 1. The van der Waals surface area contributed by atoms with Crippen LogP contribution in [0.4, 0.5) is 0 Å². The Morgan fingerprint density at radius 3 is 2.86 bits per heavy atom. The van der Waals surface area contributed by atoms with Crippen LogP contribution in [0.15, 0.2) is 34.9 Å². The van der Waals surface area contributed by atoms with Gasteiger partial charge in [-0.05, 0) is 63.7 Å². The van der Waals surface area contributed by atoms with E-state index in [-0.39, 0.29) is 24.4 Å². The van der Waals surface area contributed by atoms with E-state index >= 15 is 0 Å². The lowest BCUT2D eigenvalue weighted by molar-refractivity contribution is -0.123. The Balaban J connectivity index is 0.00000240. The Bertz CT molecular complexity index is 786. The first-order valence-corrected chi connectivity index (χ1v) is 10.4. The summed E-state index contributed by atoms with van der Waals surface area (Å²) in [6, 6.07) is 8.25. The largest absolute Gasteiger partial charge is 0.444 e. The Morgan fingerprint density at radius 1 is 1.28 bits per heavy atom. The van der Waals surface area contributed by atoms with Crippen LogP contribution in [0.1, 0.15) is 36.9 Å².